The number of nitrogens with two attached hydrogens (primary N) is 1. The highest BCUT2D eigenvalue weighted by Gasteiger charge is 2.18. The average molecular weight is 308 g/mol. The van der Waals surface area contributed by atoms with Gasteiger partial charge in [0.25, 0.3) is 0 Å². The molecule has 0 bridgehead atoms. The summed E-state index contributed by atoms with van der Waals surface area (Å²) < 4.78 is 0. The number of benzene rings is 2. The molecule has 106 valence electrons. The first-order valence-electron chi connectivity index (χ1n) is 6.73. The van der Waals surface area contributed by atoms with Crippen LogP contribution >= 0.6 is 23.2 Å². The Balaban J connectivity index is 2.36. The minimum Gasteiger partial charge on any atom is -0.330 e. The van der Waals surface area contributed by atoms with Gasteiger partial charge in [-0.1, -0.05) is 53.0 Å². The fraction of sp³-hybridized carbons (Fsp3) is 0.294. The molecule has 0 saturated carbocycles. The van der Waals surface area contributed by atoms with Gasteiger partial charge in [0.2, 0.25) is 0 Å². The van der Waals surface area contributed by atoms with Crippen LogP contribution < -0.4 is 5.73 Å². The zero-order valence-electron chi connectivity index (χ0n) is 11.8. The fourth-order valence-corrected chi connectivity index (χ4v) is 3.20. The van der Waals surface area contributed by atoms with Crippen LogP contribution in [-0.4, -0.2) is 6.54 Å². The SMILES string of the molecule is Cc1ccc(C)c(CC(CN)c2c(Cl)cccc2Cl)c1. The molecular formula is C17H19Cl2N. The van der Waals surface area contributed by atoms with E-state index in [0.717, 1.165) is 12.0 Å². The Morgan fingerprint density at radius 1 is 1.05 bits per heavy atom. The summed E-state index contributed by atoms with van der Waals surface area (Å²) in [6.45, 7) is 4.75. The van der Waals surface area contributed by atoms with E-state index in [1.165, 1.54) is 16.7 Å². The van der Waals surface area contributed by atoms with E-state index in [9.17, 15) is 0 Å². The van der Waals surface area contributed by atoms with Crippen molar-refractivity contribution in [1.29, 1.82) is 0 Å². The molecule has 0 fully saturated rings. The highest BCUT2D eigenvalue weighted by atomic mass is 35.5. The topological polar surface area (TPSA) is 26.0 Å². The molecule has 1 nitrogen and oxygen atoms in total. The first-order chi connectivity index (χ1) is 9.52. The molecule has 0 aliphatic rings. The van der Waals surface area contributed by atoms with Crippen LogP contribution in [0.1, 0.15) is 28.2 Å². The molecule has 0 radical (unpaired) electrons. The Bertz CT molecular complexity index is 588. The summed E-state index contributed by atoms with van der Waals surface area (Å²) in [4.78, 5) is 0. The van der Waals surface area contributed by atoms with Crippen molar-refractivity contribution in [3.05, 3.63) is 68.7 Å². The maximum atomic E-state index is 6.30. The summed E-state index contributed by atoms with van der Waals surface area (Å²) >= 11 is 12.6. The normalized spacial score (nSPS) is 12.4. The molecule has 0 amide bonds. The average Bonchev–Trinajstić information content (AvgIpc) is 2.41. The molecule has 0 aliphatic carbocycles. The molecule has 0 heterocycles. The van der Waals surface area contributed by atoms with Gasteiger partial charge in [-0.05, 0) is 55.6 Å². The molecule has 0 saturated heterocycles. The van der Waals surface area contributed by atoms with Crippen molar-refractivity contribution in [2.75, 3.05) is 6.54 Å². The number of rotatable bonds is 4. The van der Waals surface area contributed by atoms with Gasteiger partial charge in [-0.15, -0.1) is 0 Å². The van der Waals surface area contributed by atoms with Gasteiger partial charge in [-0.3, -0.25) is 0 Å². The van der Waals surface area contributed by atoms with E-state index in [1.807, 2.05) is 18.2 Å². The van der Waals surface area contributed by atoms with Crippen LogP contribution in [-0.2, 0) is 6.42 Å². The van der Waals surface area contributed by atoms with E-state index < -0.39 is 0 Å². The van der Waals surface area contributed by atoms with E-state index in [2.05, 4.69) is 32.0 Å². The van der Waals surface area contributed by atoms with Gasteiger partial charge in [0.05, 0.1) is 0 Å². The zero-order valence-corrected chi connectivity index (χ0v) is 13.3. The smallest absolute Gasteiger partial charge is 0.0456 e. The number of aryl methyl sites for hydroxylation is 2. The van der Waals surface area contributed by atoms with Crippen LogP contribution in [0.25, 0.3) is 0 Å². The van der Waals surface area contributed by atoms with Crippen molar-refractivity contribution in [2.45, 2.75) is 26.2 Å². The van der Waals surface area contributed by atoms with Crippen LogP contribution in [0, 0.1) is 13.8 Å². The Morgan fingerprint density at radius 3 is 2.30 bits per heavy atom. The molecule has 1 unspecified atom stereocenters. The molecule has 2 N–H and O–H groups in total. The first kappa shape index (κ1) is 15.4. The molecule has 20 heavy (non-hydrogen) atoms. The molecule has 2 aromatic carbocycles. The largest absolute Gasteiger partial charge is 0.330 e. The van der Waals surface area contributed by atoms with Crippen LogP contribution in [0.5, 0.6) is 0 Å². The van der Waals surface area contributed by atoms with Crippen molar-refractivity contribution in [2.24, 2.45) is 5.73 Å². The molecule has 2 rings (SSSR count). The van der Waals surface area contributed by atoms with E-state index in [0.29, 0.717) is 16.6 Å². The highest BCUT2D eigenvalue weighted by molar-refractivity contribution is 6.36. The number of hydrogen-bond acceptors (Lipinski definition) is 1. The fourth-order valence-electron chi connectivity index (χ4n) is 2.49. The first-order valence-corrected chi connectivity index (χ1v) is 7.48. The Kier molecular flexibility index (Phi) is 5.09. The summed E-state index contributed by atoms with van der Waals surface area (Å²) in [6.07, 6.45) is 0.855. The molecule has 0 aromatic heterocycles. The summed E-state index contributed by atoms with van der Waals surface area (Å²) in [5.41, 5.74) is 10.8. The molecule has 0 aliphatic heterocycles. The highest BCUT2D eigenvalue weighted by Crippen LogP contribution is 2.33. The Morgan fingerprint density at radius 2 is 1.70 bits per heavy atom. The number of halogens is 2. The molecule has 0 spiro atoms. The van der Waals surface area contributed by atoms with Gasteiger partial charge in [0.15, 0.2) is 0 Å². The van der Waals surface area contributed by atoms with Gasteiger partial charge in [-0.2, -0.15) is 0 Å². The Labute approximate surface area is 130 Å². The maximum absolute atomic E-state index is 6.30. The van der Waals surface area contributed by atoms with Crippen LogP contribution in [0.3, 0.4) is 0 Å². The van der Waals surface area contributed by atoms with Gasteiger partial charge in [-0.25, -0.2) is 0 Å². The van der Waals surface area contributed by atoms with Crippen LogP contribution in [0.2, 0.25) is 10.0 Å². The lowest BCUT2D eigenvalue weighted by molar-refractivity contribution is 0.692. The van der Waals surface area contributed by atoms with Gasteiger partial charge in [0.1, 0.15) is 0 Å². The monoisotopic (exact) mass is 307 g/mol. The molecule has 3 heteroatoms. The second-order valence-corrected chi connectivity index (χ2v) is 6.02. The predicted octanol–water partition coefficient (Wildman–Crippen LogP) is 4.90. The van der Waals surface area contributed by atoms with Gasteiger partial charge < -0.3 is 5.73 Å². The third kappa shape index (κ3) is 3.35. The lowest BCUT2D eigenvalue weighted by atomic mass is 9.89. The quantitative estimate of drug-likeness (QED) is 0.854. The predicted molar refractivity (Wildman–Crippen MR) is 87.9 cm³/mol. The zero-order chi connectivity index (χ0) is 14.7. The summed E-state index contributed by atoms with van der Waals surface area (Å²) in [6, 6.07) is 12.1. The van der Waals surface area contributed by atoms with Crippen LogP contribution in [0.15, 0.2) is 36.4 Å². The van der Waals surface area contributed by atoms with E-state index in [1.54, 1.807) is 0 Å². The minimum absolute atomic E-state index is 0.136. The lowest BCUT2D eigenvalue weighted by Gasteiger charge is -2.19. The van der Waals surface area contributed by atoms with E-state index in [4.69, 9.17) is 28.9 Å². The second-order valence-electron chi connectivity index (χ2n) is 5.20. The van der Waals surface area contributed by atoms with Gasteiger partial charge >= 0.3 is 0 Å². The van der Waals surface area contributed by atoms with Crippen molar-refractivity contribution in [3.8, 4) is 0 Å². The van der Waals surface area contributed by atoms with Crippen molar-refractivity contribution >= 4 is 23.2 Å². The third-order valence-electron chi connectivity index (χ3n) is 3.66. The second kappa shape index (κ2) is 6.62. The maximum Gasteiger partial charge on any atom is 0.0456 e. The van der Waals surface area contributed by atoms with E-state index >= 15 is 0 Å². The molecule has 2 aromatic rings. The third-order valence-corrected chi connectivity index (χ3v) is 4.32. The van der Waals surface area contributed by atoms with Crippen molar-refractivity contribution < 1.29 is 0 Å². The van der Waals surface area contributed by atoms with Gasteiger partial charge in [0, 0.05) is 16.0 Å². The summed E-state index contributed by atoms with van der Waals surface area (Å²) in [7, 11) is 0. The lowest BCUT2D eigenvalue weighted by Crippen LogP contribution is -2.16. The van der Waals surface area contributed by atoms with E-state index in [-0.39, 0.29) is 5.92 Å². The summed E-state index contributed by atoms with van der Waals surface area (Å²) in [5, 5.41) is 1.39. The molecular weight excluding hydrogens is 289 g/mol. The number of hydrogen-bond donors (Lipinski definition) is 1. The minimum atomic E-state index is 0.136. The van der Waals surface area contributed by atoms with Crippen LogP contribution in [0.4, 0.5) is 0 Å². The van der Waals surface area contributed by atoms with Crippen molar-refractivity contribution in [3.63, 3.8) is 0 Å². The Hall–Kier alpha value is -1.02. The molecule has 1 atom stereocenters. The summed E-state index contributed by atoms with van der Waals surface area (Å²) in [5.74, 6) is 0.136. The standard InChI is InChI=1S/C17H19Cl2N/c1-11-6-7-12(2)13(8-11)9-14(10-20)17-15(18)4-3-5-16(17)19/h3-8,14H,9-10,20H2,1-2H3. The van der Waals surface area contributed by atoms with Crippen molar-refractivity contribution in [1.82, 2.24) is 0 Å².